The maximum Gasteiger partial charge on any atom is 0.0941 e. The summed E-state index contributed by atoms with van der Waals surface area (Å²) in [4.78, 5) is 4.05. The van der Waals surface area contributed by atoms with Gasteiger partial charge in [-0.05, 0) is 25.1 Å². The Morgan fingerprint density at radius 2 is 2.23 bits per heavy atom. The third-order valence-electron chi connectivity index (χ3n) is 2.07. The van der Waals surface area contributed by atoms with E-state index < -0.39 is 0 Å². The van der Waals surface area contributed by atoms with Gasteiger partial charge in [0.1, 0.15) is 0 Å². The van der Waals surface area contributed by atoms with Gasteiger partial charge in [0, 0.05) is 30.7 Å². The van der Waals surface area contributed by atoms with Crippen LogP contribution in [0, 0.1) is 6.92 Å². The third kappa shape index (κ3) is 1.45. The summed E-state index contributed by atoms with van der Waals surface area (Å²) in [5.74, 6) is 0. The Kier molecular flexibility index (Phi) is 1.85. The van der Waals surface area contributed by atoms with Gasteiger partial charge in [-0.15, -0.1) is 0 Å². The Hall–Kier alpha value is -1.64. The highest BCUT2D eigenvalue weighted by molar-refractivity contribution is 5.57. The molecule has 0 aliphatic carbocycles. The maximum atomic E-state index is 4.36. The van der Waals surface area contributed by atoms with Crippen LogP contribution < -0.4 is 0 Å². The van der Waals surface area contributed by atoms with Crippen LogP contribution >= 0.6 is 0 Å². The Morgan fingerprint density at radius 3 is 2.77 bits per heavy atom. The van der Waals surface area contributed by atoms with E-state index in [-0.39, 0.29) is 0 Å². The minimum absolute atomic E-state index is 0.980. The highest BCUT2D eigenvalue weighted by atomic mass is 15.3. The zero-order chi connectivity index (χ0) is 9.26. The molecule has 0 saturated carbocycles. The molecule has 0 aromatic carbocycles. The Labute approximate surface area is 77.0 Å². The molecule has 0 atom stereocenters. The smallest absolute Gasteiger partial charge is 0.0941 e. The Balaban J connectivity index is 2.48. The quantitative estimate of drug-likeness (QED) is 0.658. The zero-order valence-electron chi connectivity index (χ0n) is 7.73. The fraction of sp³-hybridized carbons (Fsp3) is 0.200. The van der Waals surface area contributed by atoms with E-state index in [0.29, 0.717) is 0 Å². The second-order valence-corrected chi connectivity index (χ2v) is 3.04. The molecule has 2 aromatic heterocycles. The lowest BCUT2D eigenvalue weighted by Crippen LogP contribution is -1.92. The van der Waals surface area contributed by atoms with Gasteiger partial charge < -0.3 is 0 Å². The minimum atomic E-state index is 0.980. The van der Waals surface area contributed by atoms with Gasteiger partial charge in [0.15, 0.2) is 0 Å². The number of hydrogen-bond donors (Lipinski definition) is 0. The first-order chi connectivity index (χ1) is 6.27. The fourth-order valence-electron chi connectivity index (χ4n) is 1.22. The zero-order valence-corrected chi connectivity index (χ0v) is 7.73. The highest BCUT2D eigenvalue weighted by Crippen LogP contribution is 2.16. The molecule has 0 fully saturated rings. The molecule has 66 valence electrons. The monoisotopic (exact) mass is 173 g/mol. The highest BCUT2D eigenvalue weighted by Gasteiger charge is 2.02. The van der Waals surface area contributed by atoms with Crippen LogP contribution in [-0.2, 0) is 7.05 Å². The summed E-state index contributed by atoms with van der Waals surface area (Å²) in [6, 6.07) is 5.98. The SMILES string of the molecule is Cc1cc(-c2cccnc2)nn1C. The molecule has 13 heavy (non-hydrogen) atoms. The average molecular weight is 173 g/mol. The van der Waals surface area contributed by atoms with Crippen LogP contribution in [0.5, 0.6) is 0 Å². The van der Waals surface area contributed by atoms with Crippen molar-refractivity contribution < 1.29 is 0 Å². The molecule has 2 rings (SSSR count). The van der Waals surface area contributed by atoms with Crippen molar-refractivity contribution in [3.63, 3.8) is 0 Å². The van der Waals surface area contributed by atoms with Gasteiger partial charge in [0.2, 0.25) is 0 Å². The lowest BCUT2D eigenvalue weighted by Gasteiger charge is -1.92. The minimum Gasteiger partial charge on any atom is -0.272 e. The van der Waals surface area contributed by atoms with Crippen LogP contribution in [0.4, 0.5) is 0 Å². The van der Waals surface area contributed by atoms with E-state index in [9.17, 15) is 0 Å². The molecule has 2 aromatic rings. The summed E-state index contributed by atoms with van der Waals surface area (Å²) in [6.07, 6.45) is 3.58. The number of aryl methyl sites for hydroxylation is 2. The number of pyridine rings is 1. The first-order valence-electron chi connectivity index (χ1n) is 4.18. The summed E-state index contributed by atoms with van der Waals surface area (Å²) in [7, 11) is 1.94. The summed E-state index contributed by atoms with van der Waals surface area (Å²) < 4.78 is 1.86. The molecule has 0 saturated heterocycles. The third-order valence-corrected chi connectivity index (χ3v) is 2.07. The van der Waals surface area contributed by atoms with Crippen molar-refractivity contribution in [2.24, 2.45) is 7.05 Å². The largest absolute Gasteiger partial charge is 0.272 e. The maximum absolute atomic E-state index is 4.36. The molecule has 0 aliphatic rings. The van der Waals surface area contributed by atoms with Crippen LogP contribution in [0.3, 0.4) is 0 Å². The number of rotatable bonds is 1. The van der Waals surface area contributed by atoms with Gasteiger partial charge >= 0.3 is 0 Å². The molecule has 0 amide bonds. The first kappa shape index (κ1) is 7.98. The predicted molar refractivity (Wildman–Crippen MR) is 51.2 cm³/mol. The van der Waals surface area contributed by atoms with E-state index in [1.807, 2.05) is 37.0 Å². The van der Waals surface area contributed by atoms with Gasteiger partial charge in [-0.25, -0.2) is 0 Å². The molecule has 3 heteroatoms. The van der Waals surface area contributed by atoms with Crippen molar-refractivity contribution in [3.8, 4) is 11.3 Å². The van der Waals surface area contributed by atoms with Crippen molar-refractivity contribution >= 4 is 0 Å². The number of hydrogen-bond acceptors (Lipinski definition) is 2. The van der Waals surface area contributed by atoms with Gasteiger partial charge in [-0.3, -0.25) is 9.67 Å². The second-order valence-electron chi connectivity index (χ2n) is 3.04. The van der Waals surface area contributed by atoms with Crippen molar-refractivity contribution in [1.82, 2.24) is 14.8 Å². The van der Waals surface area contributed by atoms with Crippen LogP contribution in [0.25, 0.3) is 11.3 Å². The van der Waals surface area contributed by atoms with E-state index in [4.69, 9.17) is 0 Å². The normalized spacial score (nSPS) is 10.3. The topological polar surface area (TPSA) is 30.7 Å². The van der Waals surface area contributed by atoms with Gasteiger partial charge in [-0.1, -0.05) is 0 Å². The first-order valence-corrected chi connectivity index (χ1v) is 4.18. The van der Waals surface area contributed by atoms with E-state index in [2.05, 4.69) is 16.1 Å². The van der Waals surface area contributed by atoms with Crippen LogP contribution in [0.15, 0.2) is 30.6 Å². The molecule has 0 aliphatic heterocycles. The Morgan fingerprint density at radius 1 is 1.38 bits per heavy atom. The summed E-state index contributed by atoms with van der Waals surface area (Å²) in [6.45, 7) is 2.03. The van der Waals surface area contributed by atoms with Crippen LogP contribution in [0.1, 0.15) is 5.69 Å². The van der Waals surface area contributed by atoms with E-state index in [1.165, 1.54) is 0 Å². The standard InChI is InChI=1S/C10H11N3/c1-8-6-10(12-13(8)2)9-4-3-5-11-7-9/h3-7H,1-2H3. The predicted octanol–water partition coefficient (Wildman–Crippen LogP) is 1.79. The molecule has 0 radical (unpaired) electrons. The molecule has 0 N–H and O–H groups in total. The molecular formula is C10H11N3. The number of nitrogens with zero attached hydrogens (tertiary/aromatic N) is 3. The second kappa shape index (κ2) is 3.01. The summed E-state index contributed by atoms with van der Waals surface area (Å²) in [5.41, 5.74) is 3.19. The van der Waals surface area contributed by atoms with E-state index in [1.54, 1.807) is 6.20 Å². The number of aromatic nitrogens is 3. The molecule has 0 unspecified atom stereocenters. The molecular weight excluding hydrogens is 162 g/mol. The summed E-state index contributed by atoms with van der Waals surface area (Å²) >= 11 is 0. The Bertz CT molecular complexity index is 384. The van der Waals surface area contributed by atoms with Crippen molar-refractivity contribution in [2.45, 2.75) is 6.92 Å². The fourth-order valence-corrected chi connectivity index (χ4v) is 1.22. The van der Waals surface area contributed by atoms with Gasteiger partial charge in [-0.2, -0.15) is 5.10 Å². The van der Waals surface area contributed by atoms with E-state index in [0.717, 1.165) is 17.0 Å². The van der Waals surface area contributed by atoms with E-state index >= 15 is 0 Å². The lowest BCUT2D eigenvalue weighted by molar-refractivity contribution is 0.742. The molecule has 2 heterocycles. The summed E-state index contributed by atoms with van der Waals surface area (Å²) in [5, 5.41) is 4.36. The van der Waals surface area contributed by atoms with Crippen molar-refractivity contribution in [1.29, 1.82) is 0 Å². The van der Waals surface area contributed by atoms with Crippen LogP contribution in [0.2, 0.25) is 0 Å². The molecule has 3 nitrogen and oxygen atoms in total. The van der Waals surface area contributed by atoms with Crippen molar-refractivity contribution in [2.75, 3.05) is 0 Å². The molecule has 0 bridgehead atoms. The average Bonchev–Trinajstić information content (AvgIpc) is 2.49. The molecule has 0 spiro atoms. The lowest BCUT2D eigenvalue weighted by atomic mass is 10.2. The van der Waals surface area contributed by atoms with Gasteiger partial charge in [0.25, 0.3) is 0 Å². The van der Waals surface area contributed by atoms with Crippen molar-refractivity contribution in [3.05, 3.63) is 36.3 Å². The van der Waals surface area contributed by atoms with Crippen LogP contribution in [-0.4, -0.2) is 14.8 Å². The van der Waals surface area contributed by atoms with Gasteiger partial charge in [0.05, 0.1) is 5.69 Å².